The van der Waals surface area contributed by atoms with E-state index in [2.05, 4.69) is 24.3 Å². The van der Waals surface area contributed by atoms with Crippen LogP contribution in [-0.4, -0.2) is 46.0 Å². The van der Waals surface area contributed by atoms with Crippen molar-refractivity contribution in [2.45, 2.75) is 78.0 Å². The van der Waals surface area contributed by atoms with Crippen molar-refractivity contribution in [2.75, 3.05) is 18.4 Å². The van der Waals surface area contributed by atoms with Gasteiger partial charge in [-0.1, -0.05) is 13.8 Å². The molecule has 1 saturated carbocycles. The Kier molecular flexibility index (Phi) is 5.99. The molecule has 1 aliphatic heterocycles. The van der Waals surface area contributed by atoms with E-state index in [0.29, 0.717) is 18.1 Å². The average molecular weight is 348 g/mol. The highest BCUT2D eigenvalue weighted by Crippen LogP contribution is 2.26. The molecule has 2 aliphatic rings. The number of nitrogens with one attached hydrogen (secondary N) is 1. The highest BCUT2D eigenvalue weighted by Gasteiger charge is 2.28. The second-order valence-electron chi connectivity index (χ2n) is 7.85. The molecule has 3 rings (SSSR count). The molecule has 2 amide bonds. The number of amides is 2. The van der Waals surface area contributed by atoms with Crippen LogP contribution in [0.5, 0.6) is 0 Å². The minimum absolute atomic E-state index is 0.0198. The van der Waals surface area contributed by atoms with Crippen LogP contribution < -0.4 is 5.32 Å². The third-order valence-corrected chi connectivity index (χ3v) is 5.43. The van der Waals surface area contributed by atoms with Crippen molar-refractivity contribution in [3.8, 4) is 0 Å². The fraction of sp³-hybridized carbons (Fsp3) is 0.789. The topological polar surface area (TPSA) is 59.4 Å². The molecule has 0 bridgehead atoms. The molecule has 25 heavy (non-hydrogen) atoms. The third-order valence-electron chi connectivity index (χ3n) is 5.43. The molecule has 1 aromatic rings. The number of ether oxygens (including phenoxy) is 1. The molecule has 1 saturated heterocycles. The van der Waals surface area contributed by atoms with E-state index in [1.165, 1.54) is 19.3 Å². The van der Waals surface area contributed by atoms with E-state index in [1.54, 1.807) is 6.20 Å². The van der Waals surface area contributed by atoms with Gasteiger partial charge in [0.25, 0.3) is 0 Å². The number of hydrogen-bond donors (Lipinski definition) is 1. The summed E-state index contributed by atoms with van der Waals surface area (Å²) in [4.78, 5) is 14.4. The van der Waals surface area contributed by atoms with Gasteiger partial charge in [-0.2, -0.15) is 5.10 Å². The quantitative estimate of drug-likeness (QED) is 0.850. The highest BCUT2D eigenvalue weighted by atomic mass is 16.5. The Labute approximate surface area is 150 Å². The number of rotatable bonds is 6. The zero-order valence-electron chi connectivity index (χ0n) is 15.8. The first kappa shape index (κ1) is 18.2. The third kappa shape index (κ3) is 4.75. The molecule has 140 valence electrons. The Morgan fingerprint density at radius 2 is 1.96 bits per heavy atom. The number of hydrogen-bond acceptors (Lipinski definition) is 3. The Bertz CT molecular complexity index is 572. The largest absolute Gasteiger partial charge is 0.375 e. The van der Waals surface area contributed by atoms with E-state index in [0.717, 1.165) is 50.3 Å². The summed E-state index contributed by atoms with van der Waals surface area (Å²) in [7, 11) is 0. The molecule has 0 unspecified atom stereocenters. The maximum atomic E-state index is 12.5. The molecule has 6 heteroatoms. The first-order valence-electron chi connectivity index (χ1n) is 9.76. The van der Waals surface area contributed by atoms with E-state index in [4.69, 9.17) is 4.74 Å². The lowest BCUT2D eigenvalue weighted by Crippen LogP contribution is -2.44. The zero-order chi connectivity index (χ0) is 17.8. The number of carbonyl (C=O) groups is 1. The van der Waals surface area contributed by atoms with Gasteiger partial charge in [-0.3, -0.25) is 4.68 Å². The van der Waals surface area contributed by atoms with Gasteiger partial charge in [-0.15, -0.1) is 0 Å². The summed E-state index contributed by atoms with van der Waals surface area (Å²) in [5.41, 5.74) is 1.85. The number of aryl methyl sites for hydroxylation is 1. The van der Waals surface area contributed by atoms with E-state index in [9.17, 15) is 4.79 Å². The van der Waals surface area contributed by atoms with Crippen LogP contribution >= 0.6 is 0 Å². The second kappa shape index (κ2) is 8.21. The molecule has 2 heterocycles. The molecule has 1 aliphatic carbocycles. The Balaban J connectivity index is 1.46. The highest BCUT2D eigenvalue weighted by molar-refractivity contribution is 5.89. The summed E-state index contributed by atoms with van der Waals surface area (Å²) in [6.07, 6.45) is 9.26. The molecule has 1 aromatic heterocycles. The van der Waals surface area contributed by atoms with Gasteiger partial charge >= 0.3 is 6.03 Å². The summed E-state index contributed by atoms with van der Waals surface area (Å²) in [5.74, 6) is 0.644. The molecule has 0 radical (unpaired) electrons. The van der Waals surface area contributed by atoms with Gasteiger partial charge in [0.1, 0.15) is 0 Å². The number of likely N-dealkylation sites (tertiary alicyclic amines) is 1. The van der Waals surface area contributed by atoms with Crippen molar-refractivity contribution in [2.24, 2.45) is 5.92 Å². The minimum Gasteiger partial charge on any atom is -0.375 e. The number of anilines is 1. The number of nitrogens with zero attached hydrogens (tertiary/aromatic N) is 3. The van der Waals surface area contributed by atoms with Crippen LogP contribution in [0.25, 0.3) is 0 Å². The number of carbonyl (C=O) groups excluding carboxylic acids is 1. The van der Waals surface area contributed by atoms with Gasteiger partial charge in [0, 0.05) is 19.6 Å². The number of urea groups is 1. The lowest BCUT2D eigenvalue weighted by molar-refractivity contribution is -0.0694. The number of aromatic nitrogens is 2. The molecule has 1 N–H and O–H groups in total. The van der Waals surface area contributed by atoms with E-state index >= 15 is 0 Å². The maximum Gasteiger partial charge on any atom is 0.321 e. The Hall–Kier alpha value is -1.56. The van der Waals surface area contributed by atoms with Crippen molar-refractivity contribution >= 4 is 11.7 Å². The predicted molar refractivity (Wildman–Crippen MR) is 98.8 cm³/mol. The molecule has 6 nitrogen and oxygen atoms in total. The maximum absolute atomic E-state index is 12.5. The van der Waals surface area contributed by atoms with Crippen LogP contribution in [0.15, 0.2) is 6.20 Å². The smallest absolute Gasteiger partial charge is 0.321 e. The lowest BCUT2D eigenvalue weighted by atomic mass is 9.95. The molecule has 0 aromatic carbocycles. The van der Waals surface area contributed by atoms with Crippen molar-refractivity contribution < 1.29 is 9.53 Å². The van der Waals surface area contributed by atoms with Crippen LogP contribution in [-0.2, 0) is 11.3 Å². The standard InChI is InChI=1S/C19H32N4O2/c1-14(2)7-12-23-15(3)18(13-20-23)21-19(24)22-10-8-17(9-11-22)25-16-5-4-6-16/h13-14,16-17H,4-12H2,1-3H3,(H,21,24). The second-order valence-corrected chi connectivity index (χ2v) is 7.85. The minimum atomic E-state index is -0.0198. The van der Waals surface area contributed by atoms with Gasteiger partial charge in [-0.25, -0.2) is 4.79 Å². The van der Waals surface area contributed by atoms with E-state index < -0.39 is 0 Å². The fourth-order valence-electron chi connectivity index (χ4n) is 3.34. The van der Waals surface area contributed by atoms with Gasteiger partial charge in [0.05, 0.1) is 29.8 Å². The summed E-state index contributed by atoms with van der Waals surface area (Å²) in [5, 5.41) is 7.44. The van der Waals surface area contributed by atoms with Crippen LogP contribution in [0, 0.1) is 12.8 Å². The normalized spacial score (nSPS) is 19.3. The Morgan fingerprint density at radius 1 is 1.28 bits per heavy atom. The van der Waals surface area contributed by atoms with E-state index in [-0.39, 0.29) is 6.03 Å². The summed E-state index contributed by atoms with van der Waals surface area (Å²) in [6, 6.07) is -0.0198. The molecular formula is C19H32N4O2. The summed E-state index contributed by atoms with van der Waals surface area (Å²) < 4.78 is 8.05. The Morgan fingerprint density at radius 3 is 2.56 bits per heavy atom. The van der Waals surface area contributed by atoms with Crippen molar-refractivity contribution in [1.29, 1.82) is 0 Å². The van der Waals surface area contributed by atoms with Crippen LogP contribution in [0.3, 0.4) is 0 Å². The van der Waals surface area contributed by atoms with Crippen molar-refractivity contribution in [1.82, 2.24) is 14.7 Å². The van der Waals surface area contributed by atoms with Crippen molar-refractivity contribution in [3.05, 3.63) is 11.9 Å². The van der Waals surface area contributed by atoms with Gasteiger partial charge in [-0.05, 0) is 51.4 Å². The molecule has 0 atom stereocenters. The lowest BCUT2D eigenvalue weighted by Gasteiger charge is -2.36. The van der Waals surface area contributed by atoms with Gasteiger partial charge in [0.2, 0.25) is 0 Å². The van der Waals surface area contributed by atoms with Gasteiger partial charge < -0.3 is 15.0 Å². The van der Waals surface area contributed by atoms with Crippen LogP contribution in [0.2, 0.25) is 0 Å². The zero-order valence-corrected chi connectivity index (χ0v) is 15.8. The van der Waals surface area contributed by atoms with Crippen molar-refractivity contribution in [3.63, 3.8) is 0 Å². The first-order valence-corrected chi connectivity index (χ1v) is 9.76. The van der Waals surface area contributed by atoms with Crippen LogP contribution in [0.4, 0.5) is 10.5 Å². The van der Waals surface area contributed by atoms with Gasteiger partial charge in [0.15, 0.2) is 0 Å². The van der Waals surface area contributed by atoms with Crippen LogP contribution in [0.1, 0.15) is 58.1 Å². The summed E-state index contributed by atoms with van der Waals surface area (Å²) in [6.45, 7) is 8.86. The first-order chi connectivity index (χ1) is 12.0. The average Bonchev–Trinajstić information content (AvgIpc) is 2.90. The predicted octanol–water partition coefficient (Wildman–Crippen LogP) is 3.80. The summed E-state index contributed by atoms with van der Waals surface area (Å²) >= 11 is 0. The molecule has 0 spiro atoms. The number of piperidine rings is 1. The fourth-order valence-corrected chi connectivity index (χ4v) is 3.34. The monoisotopic (exact) mass is 348 g/mol. The van der Waals surface area contributed by atoms with E-state index in [1.807, 2.05) is 16.5 Å². The molecular weight excluding hydrogens is 316 g/mol. The molecule has 2 fully saturated rings. The SMILES string of the molecule is Cc1c(NC(=O)N2CCC(OC3CCC3)CC2)cnn1CCC(C)C.